The smallest absolute Gasteiger partial charge is 0.243 e. The van der Waals surface area contributed by atoms with Gasteiger partial charge in [0.05, 0.1) is 6.10 Å². The molecule has 1 unspecified atom stereocenters. The number of pyridine rings is 1. The van der Waals surface area contributed by atoms with E-state index in [0.717, 1.165) is 0 Å². The molecule has 2 N–H and O–H groups in total. The largest absolute Gasteiger partial charge is 0.392 e. The maximum Gasteiger partial charge on any atom is 0.243 e. The summed E-state index contributed by atoms with van der Waals surface area (Å²) >= 11 is 0. The Morgan fingerprint density at radius 3 is 2.79 bits per heavy atom. The lowest BCUT2D eigenvalue weighted by molar-refractivity contribution is 0.152. The van der Waals surface area contributed by atoms with Gasteiger partial charge in [0.15, 0.2) is 5.69 Å². The van der Waals surface area contributed by atoms with Gasteiger partial charge in [-0.3, -0.25) is 0 Å². The highest BCUT2D eigenvalue weighted by Crippen LogP contribution is 2.12. The van der Waals surface area contributed by atoms with Crippen molar-refractivity contribution in [2.75, 3.05) is 6.54 Å². The number of aliphatic hydroxyl groups is 1. The zero-order valence-electron chi connectivity index (χ0n) is 10.9. The third-order valence-corrected chi connectivity index (χ3v) is 3.87. The summed E-state index contributed by atoms with van der Waals surface area (Å²) in [7, 11) is -3.83. The van der Waals surface area contributed by atoms with Crippen LogP contribution < -0.4 is 4.72 Å². The van der Waals surface area contributed by atoms with Crippen molar-refractivity contribution in [3.8, 4) is 6.07 Å². The summed E-state index contributed by atoms with van der Waals surface area (Å²) in [5.41, 5.74) is -0.159. The molecule has 0 aliphatic heterocycles. The van der Waals surface area contributed by atoms with Gasteiger partial charge in [-0.2, -0.15) is 5.26 Å². The molecular weight excluding hydrogens is 266 g/mol. The molecule has 1 aromatic heterocycles. The Balaban J connectivity index is 2.80. The van der Waals surface area contributed by atoms with Crippen LogP contribution in [0, 0.1) is 17.2 Å². The van der Waals surface area contributed by atoms with Crippen molar-refractivity contribution in [1.82, 2.24) is 9.71 Å². The molecule has 0 aliphatic carbocycles. The summed E-state index contributed by atoms with van der Waals surface area (Å²) < 4.78 is 26.3. The van der Waals surface area contributed by atoms with Gasteiger partial charge in [-0.15, -0.1) is 0 Å². The number of aliphatic hydroxyl groups excluding tert-OH is 1. The van der Waals surface area contributed by atoms with Gasteiger partial charge in [0, 0.05) is 12.7 Å². The molecule has 1 atom stereocenters. The third-order valence-electron chi connectivity index (χ3n) is 2.42. The first kappa shape index (κ1) is 15.6. The second-order valence-corrected chi connectivity index (χ2v) is 6.33. The third kappa shape index (κ3) is 4.59. The fourth-order valence-corrected chi connectivity index (χ4v) is 2.78. The molecule has 0 bridgehead atoms. The lowest BCUT2D eigenvalue weighted by atomic mass is 10.1. The zero-order valence-corrected chi connectivity index (χ0v) is 11.7. The minimum atomic E-state index is -3.83. The van der Waals surface area contributed by atoms with E-state index < -0.39 is 16.1 Å². The molecule has 0 fully saturated rings. The second kappa shape index (κ2) is 6.61. The number of nitrogens with zero attached hydrogens (tertiary/aromatic N) is 2. The first-order valence-corrected chi connectivity index (χ1v) is 7.38. The predicted molar refractivity (Wildman–Crippen MR) is 69.6 cm³/mol. The number of hydrogen-bond acceptors (Lipinski definition) is 5. The van der Waals surface area contributed by atoms with E-state index in [0.29, 0.717) is 6.42 Å². The SMILES string of the molecule is CC(C)CC(O)CNS(=O)(=O)c1cccnc1C#N. The van der Waals surface area contributed by atoms with Gasteiger partial charge in [0.25, 0.3) is 0 Å². The van der Waals surface area contributed by atoms with E-state index in [-0.39, 0.29) is 23.1 Å². The molecule has 7 heteroatoms. The van der Waals surface area contributed by atoms with Gasteiger partial charge in [-0.25, -0.2) is 18.1 Å². The summed E-state index contributed by atoms with van der Waals surface area (Å²) in [6.45, 7) is 3.79. The van der Waals surface area contributed by atoms with E-state index in [4.69, 9.17) is 5.26 Å². The molecule has 1 heterocycles. The second-order valence-electron chi connectivity index (χ2n) is 4.60. The van der Waals surface area contributed by atoms with Crippen LogP contribution in [0.4, 0.5) is 0 Å². The highest BCUT2D eigenvalue weighted by atomic mass is 32.2. The Labute approximate surface area is 113 Å². The first-order chi connectivity index (χ1) is 8.86. The summed E-state index contributed by atoms with van der Waals surface area (Å²) in [6, 6.07) is 4.48. The van der Waals surface area contributed by atoms with Crippen LogP contribution in [0.1, 0.15) is 26.0 Å². The van der Waals surface area contributed by atoms with Crippen molar-refractivity contribution in [2.45, 2.75) is 31.3 Å². The number of nitriles is 1. The van der Waals surface area contributed by atoms with E-state index in [9.17, 15) is 13.5 Å². The van der Waals surface area contributed by atoms with Crippen molar-refractivity contribution < 1.29 is 13.5 Å². The van der Waals surface area contributed by atoms with Gasteiger partial charge in [-0.1, -0.05) is 13.8 Å². The fraction of sp³-hybridized carbons (Fsp3) is 0.500. The van der Waals surface area contributed by atoms with Crippen molar-refractivity contribution in [3.63, 3.8) is 0 Å². The summed E-state index contributed by atoms with van der Waals surface area (Å²) in [4.78, 5) is 3.52. The molecule has 0 radical (unpaired) electrons. The highest BCUT2D eigenvalue weighted by Gasteiger charge is 2.20. The van der Waals surface area contributed by atoms with Gasteiger partial charge in [0.1, 0.15) is 11.0 Å². The lowest BCUT2D eigenvalue weighted by Gasteiger charge is -2.14. The van der Waals surface area contributed by atoms with Gasteiger partial charge >= 0.3 is 0 Å². The number of rotatable bonds is 6. The van der Waals surface area contributed by atoms with Crippen molar-refractivity contribution in [1.29, 1.82) is 5.26 Å². The van der Waals surface area contributed by atoms with Crippen LogP contribution in [-0.2, 0) is 10.0 Å². The first-order valence-electron chi connectivity index (χ1n) is 5.89. The van der Waals surface area contributed by atoms with Crippen LogP contribution in [-0.4, -0.2) is 31.2 Å². The van der Waals surface area contributed by atoms with Crippen LogP contribution in [0.15, 0.2) is 23.2 Å². The number of nitrogens with one attached hydrogen (secondary N) is 1. The summed E-state index contributed by atoms with van der Waals surface area (Å²) in [5, 5.41) is 18.5. The molecule has 19 heavy (non-hydrogen) atoms. The molecule has 0 saturated carbocycles. The average molecular weight is 283 g/mol. The molecule has 0 aromatic carbocycles. The Kier molecular flexibility index (Phi) is 5.42. The highest BCUT2D eigenvalue weighted by molar-refractivity contribution is 7.89. The van der Waals surface area contributed by atoms with Gasteiger partial charge in [-0.05, 0) is 24.5 Å². The standard InChI is InChI=1S/C12H17N3O3S/c1-9(2)6-10(16)8-15-19(17,18)12-4-3-5-14-11(12)7-13/h3-5,9-10,15-16H,6,8H2,1-2H3. The zero-order chi connectivity index (χ0) is 14.5. The molecule has 0 amide bonds. The number of aromatic nitrogens is 1. The fourth-order valence-electron chi connectivity index (χ4n) is 1.60. The van der Waals surface area contributed by atoms with Crippen molar-refractivity contribution in [3.05, 3.63) is 24.0 Å². The average Bonchev–Trinajstić information content (AvgIpc) is 2.36. The van der Waals surface area contributed by atoms with E-state index >= 15 is 0 Å². The molecule has 104 valence electrons. The number of hydrogen-bond donors (Lipinski definition) is 2. The van der Waals surface area contributed by atoms with Crippen LogP contribution in [0.5, 0.6) is 0 Å². The molecule has 0 aliphatic rings. The Bertz CT molecular complexity index is 564. The predicted octanol–water partition coefficient (Wildman–Crippen LogP) is 0.639. The molecule has 0 saturated heterocycles. The summed E-state index contributed by atoms with van der Waals surface area (Å²) in [6.07, 6.45) is 1.10. The van der Waals surface area contributed by atoms with Crippen LogP contribution in [0.2, 0.25) is 0 Å². The Hall–Kier alpha value is -1.49. The van der Waals surface area contributed by atoms with E-state index in [1.54, 1.807) is 6.07 Å². The van der Waals surface area contributed by atoms with Gasteiger partial charge in [0.2, 0.25) is 10.0 Å². The molecular formula is C12H17N3O3S. The Morgan fingerprint density at radius 2 is 2.21 bits per heavy atom. The lowest BCUT2D eigenvalue weighted by Crippen LogP contribution is -2.33. The normalized spacial score (nSPS) is 13.2. The molecule has 1 aromatic rings. The number of sulfonamides is 1. The molecule has 1 rings (SSSR count). The minimum absolute atomic E-state index is 0.0831. The quantitative estimate of drug-likeness (QED) is 0.797. The van der Waals surface area contributed by atoms with Crippen LogP contribution in [0.25, 0.3) is 0 Å². The minimum Gasteiger partial charge on any atom is -0.392 e. The Morgan fingerprint density at radius 1 is 1.53 bits per heavy atom. The molecule has 6 nitrogen and oxygen atoms in total. The van der Waals surface area contributed by atoms with Crippen molar-refractivity contribution >= 4 is 10.0 Å². The van der Waals surface area contributed by atoms with E-state index in [2.05, 4.69) is 9.71 Å². The van der Waals surface area contributed by atoms with E-state index in [1.165, 1.54) is 18.3 Å². The maximum atomic E-state index is 12.0. The summed E-state index contributed by atoms with van der Waals surface area (Å²) in [5.74, 6) is 0.271. The van der Waals surface area contributed by atoms with E-state index in [1.807, 2.05) is 13.8 Å². The van der Waals surface area contributed by atoms with Crippen LogP contribution >= 0.6 is 0 Å². The van der Waals surface area contributed by atoms with Crippen molar-refractivity contribution in [2.24, 2.45) is 5.92 Å². The monoisotopic (exact) mass is 283 g/mol. The van der Waals surface area contributed by atoms with Crippen LogP contribution in [0.3, 0.4) is 0 Å². The topological polar surface area (TPSA) is 103 Å². The van der Waals surface area contributed by atoms with Gasteiger partial charge < -0.3 is 5.11 Å². The molecule has 0 spiro atoms. The maximum absolute atomic E-state index is 12.0.